The topological polar surface area (TPSA) is 64.6 Å². The Labute approximate surface area is 170 Å². The van der Waals surface area contributed by atoms with Gasteiger partial charge in [-0.15, -0.1) is 11.3 Å². The van der Waals surface area contributed by atoms with Crippen LogP contribution in [0.2, 0.25) is 0 Å². The molecule has 0 N–H and O–H groups in total. The van der Waals surface area contributed by atoms with Gasteiger partial charge in [-0.2, -0.15) is 4.98 Å². The highest BCUT2D eigenvalue weighted by molar-refractivity contribution is 7.20. The van der Waals surface area contributed by atoms with Crippen LogP contribution in [-0.2, 0) is 11.3 Å². The van der Waals surface area contributed by atoms with E-state index in [-0.39, 0.29) is 5.91 Å². The Bertz CT molecular complexity index is 860. The molecule has 152 valence electrons. The monoisotopic (exact) mass is 403 g/mol. The lowest BCUT2D eigenvalue weighted by molar-refractivity contribution is 0.0666. The first-order valence-electron chi connectivity index (χ1n) is 10.3. The number of hydrogen-bond acceptors (Lipinski definition) is 6. The average Bonchev–Trinajstić information content (AvgIpc) is 3.33. The van der Waals surface area contributed by atoms with Gasteiger partial charge in [-0.05, 0) is 44.1 Å². The maximum absolute atomic E-state index is 13.5. The highest BCUT2D eigenvalue weighted by Crippen LogP contribution is 2.39. The molecule has 1 atom stereocenters. The van der Waals surface area contributed by atoms with E-state index in [1.54, 1.807) is 14.2 Å². The molecule has 0 radical (unpaired) electrons. The van der Waals surface area contributed by atoms with Gasteiger partial charge in [0.15, 0.2) is 5.82 Å². The number of rotatable bonds is 5. The Balaban J connectivity index is 1.67. The average molecular weight is 404 g/mol. The molecule has 1 aliphatic carbocycles. The van der Waals surface area contributed by atoms with Crippen LogP contribution in [0.1, 0.15) is 66.0 Å². The third kappa shape index (κ3) is 3.50. The molecular formula is C21H29N3O3S. The van der Waals surface area contributed by atoms with Crippen LogP contribution in [0.4, 0.5) is 0 Å². The molecule has 3 heterocycles. The molecular weight excluding hydrogens is 374 g/mol. The van der Waals surface area contributed by atoms with E-state index in [9.17, 15) is 4.79 Å². The smallest absolute Gasteiger partial charge is 0.264 e. The third-order valence-electron chi connectivity index (χ3n) is 6.22. The number of carbonyl (C=O) groups is 1. The zero-order valence-electron chi connectivity index (χ0n) is 17.0. The summed E-state index contributed by atoms with van der Waals surface area (Å²) in [5, 5.41) is 0.851. The summed E-state index contributed by atoms with van der Waals surface area (Å²) in [5.41, 5.74) is 0.931. The number of fused-ring (bicyclic) bond motifs is 1. The lowest BCUT2D eigenvalue weighted by atomic mass is 9.83. The van der Waals surface area contributed by atoms with Gasteiger partial charge in [0.25, 0.3) is 5.91 Å². The molecule has 0 spiro atoms. The SMILES string of the molecule is COCc1nc(OC)c2c(C)c(C(=O)N3CCC[C@H]3C3CCCCC3)sc2n1. The molecule has 0 aromatic carbocycles. The minimum absolute atomic E-state index is 0.156. The maximum atomic E-state index is 13.5. The Morgan fingerprint density at radius 3 is 2.64 bits per heavy atom. The second-order valence-electron chi connectivity index (χ2n) is 7.92. The molecule has 0 bridgehead atoms. The zero-order valence-corrected chi connectivity index (χ0v) is 17.8. The molecule has 0 unspecified atom stereocenters. The number of aromatic nitrogens is 2. The van der Waals surface area contributed by atoms with Gasteiger partial charge in [0.1, 0.15) is 11.4 Å². The lowest BCUT2D eigenvalue weighted by Gasteiger charge is -2.34. The van der Waals surface area contributed by atoms with E-state index in [1.807, 2.05) is 6.92 Å². The molecule has 1 amide bonds. The minimum Gasteiger partial charge on any atom is -0.480 e. The zero-order chi connectivity index (χ0) is 19.7. The van der Waals surface area contributed by atoms with Gasteiger partial charge in [-0.3, -0.25) is 4.79 Å². The van der Waals surface area contributed by atoms with Gasteiger partial charge in [-0.25, -0.2) is 4.98 Å². The number of thiophene rings is 1. The van der Waals surface area contributed by atoms with Crippen molar-refractivity contribution < 1.29 is 14.3 Å². The van der Waals surface area contributed by atoms with Crippen LogP contribution >= 0.6 is 11.3 Å². The first kappa shape index (κ1) is 19.6. The predicted molar refractivity (Wildman–Crippen MR) is 110 cm³/mol. The summed E-state index contributed by atoms with van der Waals surface area (Å²) in [4.78, 5) is 26.3. The second-order valence-corrected chi connectivity index (χ2v) is 8.92. The van der Waals surface area contributed by atoms with Crippen molar-refractivity contribution in [2.24, 2.45) is 5.92 Å². The molecule has 2 aromatic rings. The molecule has 28 heavy (non-hydrogen) atoms. The Kier molecular flexibility index (Phi) is 5.83. The van der Waals surface area contributed by atoms with Crippen LogP contribution in [0.15, 0.2) is 0 Å². The van der Waals surface area contributed by atoms with Crippen molar-refractivity contribution in [2.75, 3.05) is 20.8 Å². The minimum atomic E-state index is 0.156. The normalized spacial score (nSPS) is 20.8. The van der Waals surface area contributed by atoms with Crippen LogP contribution in [0, 0.1) is 12.8 Å². The van der Waals surface area contributed by atoms with E-state index >= 15 is 0 Å². The van der Waals surface area contributed by atoms with Gasteiger partial charge in [0.2, 0.25) is 5.88 Å². The fraction of sp³-hybridized carbons (Fsp3) is 0.667. The molecule has 4 rings (SSSR count). The number of amides is 1. The van der Waals surface area contributed by atoms with E-state index in [4.69, 9.17) is 9.47 Å². The molecule has 1 aliphatic heterocycles. The van der Waals surface area contributed by atoms with Gasteiger partial charge < -0.3 is 14.4 Å². The predicted octanol–water partition coefficient (Wildman–Crippen LogP) is 4.34. The van der Waals surface area contributed by atoms with E-state index in [2.05, 4.69) is 14.9 Å². The van der Waals surface area contributed by atoms with Crippen molar-refractivity contribution in [2.45, 2.75) is 64.5 Å². The number of nitrogens with zero attached hydrogens (tertiary/aromatic N) is 3. The first-order valence-corrected chi connectivity index (χ1v) is 11.1. The summed E-state index contributed by atoms with van der Waals surface area (Å²) >= 11 is 1.46. The van der Waals surface area contributed by atoms with Crippen molar-refractivity contribution in [1.82, 2.24) is 14.9 Å². The molecule has 2 aliphatic rings. The molecule has 6 nitrogen and oxygen atoms in total. The van der Waals surface area contributed by atoms with Crippen molar-refractivity contribution in [3.8, 4) is 5.88 Å². The molecule has 1 saturated heterocycles. The Morgan fingerprint density at radius 1 is 1.14 bits per heavy atom. The number of methoxy groups -OCH3 is 2. The lowest BCUT2D eigenvalue weighted by Crippen LogP contribution is -2.40. The summed E-state index contributed by atoms with van der Waals surface area (Å²) in [7, 11) is 3.23. The highest BCUT2D eigenvalue weighted by Gasteiger charge is 2.37. The number of ether oxygens (including phenoxy) is 2. The van der Waals surface area contributed by atoms with Crippen molar-refractivity contribution in [1.29, 1.82) is 0 Å². The fourth-order valence-corrected chi connectivity index (χ4v) is 6.02. The van der Waals surface area contributed by atoms with Gasteiger partial charge in [0, 0.05) is 19.7 Å². The second kappa shape index (κ2) is 8.33. The van der Waals surface area contributed by atoms with E-state index in [0.29, 0.717) is 30.3 Å². The van der Waals surface area contributed by atoms with E-state index in [1.165, 1.54) is 43.4 Å². The first-order chi connectivity index (χ1) is 13.6. The maximum Gasteiger partial charge on any atom is 0.264 e. The van der Waals surface area contributed by atoms with Crippen LogP contribution in [0.3, 0.4) is 0 Å². The van der Waals surface area contributed by atoms with Crippen LogP contribution in [0.5, 0.6) is 5.88 Å². The van der Waals surface area contributed by atoms with Crippen molar-refractivity contribution in [3.05, 3.63) is 16.3 Å². The summed E-state index contributed by atoms with van der Waals surface area (Å²) < 4.78 is 10.7. The quantitative estimate of drug-likeness (QED) is 0.743. The molecule has 2 fully saturated rings. The van der Waals surface area contributed by atoms with Crippen molar-refractivity contribution in [3.63, 3.8) is 0 Å². The summed E-state index contributed by atoms with van der Waals surface area (Å²) in [5.74, 6) is 1.92. The third-order valence-corrected chi connectivity index (χ3v) is 7.39. The van der Waals surface area contributed by atoms with Gasteiger partial charge >= 0.3 is 0 Å². The van der Waals surface area contributed by atoms with Crippen molar-refractivity contribution >= 4 is 27.5 Å². The number of likely N-dealkylation sites (tertiary alicyclic amines) is 1. The van der Waals surface area contributed by atoms with Gasteiger partial charge in [0.05, 0.1) is 17.4 Å². The number of hydrogen-bond donors (Lipinski definition) is 0. The summed E-state index contributed by atoms with van der Waals surface area (Å²) in [6.45, 7) is 3.17. The number of carbonyl (C=O) groups excluding carboxylic acids is 1. The van der Waals surface area contributed by atoms with Gasteiger partial charge in [-0.1, -0.05) is 19.3 Å². The molecule has 2 aromatic heterocycles. The van der Waals surface area contributed by atoms with Crippen LogP contribution in [-0.4, -0.2) is 47.6 Å². The summed E-state index contributed by atoms with van der Waals surface area (Å²) in [6, 6.07) is 0.398. The molecule has 7 heteroatoms. The van der Waals surface area contributed by atoms with Crippen LogP contribution in [0.25, 0.3) is 10.2 Å². The molecule has 1 saturated carbocycles. The highest BCUT2D eigenvalue weighted by atomic mass is 32.1. The Hall–Kier alpha value is -1.73. The number of aryl methyl sites for hydroxylation is 1. The largest absolute Gasteiger partial charge is 0.480 e. The Morgan fingerprint density at radius 2 is 1.93 bits per heavy atom. The fourth-order valence-electron chi connectivity index (χ4n) is 4.87. The van der Waals surface area contributed by atoms with E-state index < -0.39 is 0 Å². The standard InChI is InChI=1S/C21H29N3O3S/c1-13-17-19(27-3)22-16(12-26-2)23-20(17)28-18(13)21(25)24-11-7-10-15(24)14-8-5-4-6-9-14/h14-15H,4-12H2,1-3H3/t15-/m0/s1. The van der Waals surface area contributed by atoms with E-state index in [0.717, 1.165) is 40.0 Å². The summed E-state index contributed by atoms with van der Waals surface area (Å²) in [6.07, 6.45) is 8.73. The van der Waals surface area contributed by atoms with Crippen LogP contribution < -0.4 is 4.74 Å².